The normalized spacial score (nSPS) is 10.7. The molecule has 0 aromatic heterocycles. The Kier molecular flexibility index (Phi) is 6.99. The third-order valence-electron chi connectivity index (χ3n) is 2.88. The number of hydrogen-bond donors (Lipinski definition) is 1. The van der Waals surface area contributed by atoms with Gasteiger partial charge in [-0.05, 0) is 29.8 Å². The van der Waals surface area contributed by atoms with Crippen LogP contribution < -0.4 is 10.1 Å². The van der Waals surface area contributed by atoms with Gasteiger partial charge in [-0.2, -0.15) is 8.78 Å². The molecule has 2 rings (SSSR count). The Hall–Kier alpha value is -1.67. The zero-order valence-electron chi connectivity index (χ0n) is 12.3. The molecule has 0 spiro atoms. The Morgan fingerprint density at radius 3 is 2.71 bits per heavy atom. The molecule has 1 amide bonds. The highest BCUT2D eigenvalue weighted by Gasteiger charge is 2.12. The van der Waals surface area contributed by atoms with Gasteiger partial charge in [-0.3, -0.25) is 4.79 Å². The van der Waals surface area contributed by atoms with Crippen LogP contribution in [-0.4, -0.2) is 18.3 Å². The minimum Gasteiger partial charge on any atom is -0.433 e. The summed E-state index contributed by atoms with van der Waals surface area (Å²) >= 11 is 4.39. The largest absolute Gasteiger partial charge is 0.433 e. The number of ether oxygens (including phenoxy) is 1. The maximum absolute atomic E-state index is 13.7. The van der Waals surface area contributed by atoms with Crippen molar-refractivity contribution in [1.82, 2.24) is 0 Å². The quantitative estimate of drug-likeness (QED) is 0.681. The molecule has 0 fully saturated rings. The number of anilines is 1. The Morgan fingerprint density at radius 2 is 2.00 bits per heavy atom. The number of rotatable bonds is 7. The van der Waals surface area contributed by atoms with Crippen molar-refractivity contribution in [2.75, 3.05) is 11.1 Å². The summed E-state index contributed by atoms with van der Waals surface area (Å²) in [6, 6.07) is 10.6. The van der Waals surface area contributed by atoms with Crippen LogP contribution in [0.3, 0.4) is 0 Å². The predicted molar refractivity (Wildman–Crippen MR) is 92.0 cm³/mol. The molecular weight excluding hydrogens is 407 g/mol. The molecule has 3 nitrogen and oxygen atoms in total. The molecule has 0 saturated heterocycles. The van der Waals surface area contributed by atoms with Gasteiger partial charge in [-0.25, -0.2) is 4.39 Å². The number of benzene rings is 2. The summed E-state index contributed by atoms with van der Waals surface area (Å²) in [4.78, 5) is 11.9. The molecule has 128 valence electrons. The molecule has 0 aliphatic heterocycles. The van der Waals surface area contributed by atoms with E-state index < -0.39 is 6.61 Å². The predicted octanol–water partition coefficient (Wildman–Crippen LogP) is 5.06. The van der Waals surface area contributed by atoms with E-state index >= 15 is 0 Å². The minimum atomic E-state index is -2.97. The van der Waals surface area contributed by atoms with Gasteiger partial charge in [0.25, 0.3) is 0 Å². The van der Waals surface area contributed by atoms with Gasteiger partial charge in [0.05, 0.1) is 11.4 Å². The first-order chi connectivity index (χ1) is 11.5. The van der Waals surface area contributed by atoms with E-state index in [-0.39, 0.29) is 28.9 Å². The fourth-order valence-corrected chi connectivity index (χ4v) is 2.99. The third-order valence-corrected chi connectivity index (χ3v) is 4.36. The van der Waals surface area contributed by atoms with Crippen molar-refractivity contribution in [3.8, 4) is 5.75 Å². The van der Waals surface area contributed by atoms with Crippen molar-refractivity contribution < 1.29 is 22.7 Å². The van der Waals surface area contributed by atoms with E-state index in [2.05, 4.69) is 26.0 Å². The van der Waals surface area contributed by atoms with Crippen LogP contribution in [0.5, 0.6) is 5.75 Å². The van der Waals surface area contributed by atoms with E-state index in [1.807, 2.05) is 0 Å². The Morgan fingerprint density at radius 1 is 1.25 bits per heavy atom. The van der Waals surface area contributed by atoms with Crippen molar-refractivity contribution in [1.29, 1.82) is 0 Å². The van der Waals surface area contributed by atoms with Crippen LogP contribution in [0.1, 0.15) is 5.56 Å². The van der Waals surface area contributed by atoms with Gasteiger partial charge in [-0.1, -0.05) is 34.1 Å². The van der Waals surface area contributed by atoms with Gasteiger partial charge < -0.3 is 10.1 Å². The molecule has 2 aromatic rings. The fourth-order valence-electron chi connectivity index (χ4n) is 1.85. The Labute approximate surface area is 149 Å². The molecule has 0 aliphatic carbocycles. The van der Waals surface area contributed by atoms with Crippen molar-refractivity contribution in [3.63, 3.8) is 0 Å². The number of nitrogens with one attached hydrogen (secondary N) is 1. The van der Waals surface area contributed by atoms with Gasteiger partial charge in [0.2, 0.25) is 5.91 Å². The number of hydrogen-bond acceptors (Lipinski definition) is 3. The lowest BCUT2D eigenvalue weighted by Gasteiger charge is -2.11. The number of halogens is 4. The van der Waals surface area contributed by atoms with E-state index in [4.69, 9.17) is 0 Å². The molecule has 2 aromatic carbocycles. The lowest BCUT2D eigenvalue weighted by atomic mass is 10.2. The van der Waals surface area contributed by atoms with E-state index in [9.17, 15) is 18.0 Å². The third kappa shape index (κ3) is 5.76. The van der Waals surface area contributed by atoms with Crippen molar-refractivity contribution >= 4 is 39.3 Å². The van der Waals surface area contributed by atoms with Gasteiger partial charge in [-0.15, -0.1) is 11.8 Å². The summed E-state index contributed by atoms with van der Waals surface area (Å²) in [6.07, 6.45) is 0. The highest BCUT2D eigenvalue weighted by Crippen LogP contribution is 2.26. The number of amides is 1. The highest BCUT2D eigenvalue weighted by atomic mass is 79.9. The summed E-state index contributed by atoms with van der Waals surface area (Å²) < 4.78 is 43.3. The standard InChI is InChI=1S/C16H13BrF3NO2S/c17-11-6-5-10(12(18)7-11)8-24-9-15(22)21-13-3-1-2-4-14(13)23-16(19)20/h1-7,16H,8-9H2,(H,21,22). The number of thioether (sulfide) groups is 1. The molecular formula is C16H13BrF3NO2S. The van der Waals surface area contributed by atoms with Crippen molar-refractivity contribution in [3.05, 3.63) is 58.3 Å². The monoisotopic (exact) mass is 419 g/mol. The first-order valence-corrected chi connectivity index (χ1v) is 8.76. The van der Waals surface area contributed by atoms with Gasteiger partial charge in [0, 0.05) is 10.2 Å². The van der Waals surface area contributed by atoms with Crippen LogP contribution in [-0.2, 0) is 10.5 Å². The molecule has 24 heavy (non-hydrogen) atoms. The van der Waals surface area contributed by atoms with E-state index in [1.165, 1.54) is 36.0 Å². The fraction of sp³-hybridized carbons (Fsp3) is 0.188. The van der Waals surface area contributed by atoms with Crippen LogP contribution in [0.4, 0.5) is 18.9 Å². The number of carbonyl (C=O) groups is 1. The first kappa shape index (κ1) is 18.7. The van der Waals surface area contributed by atoms with Crippen molar-refractivity contribution in [2.24, 2.45) is 0 Å². The molecule has 0 unspecified atom stereocenters. The minimum absolute atomic E-state index is 0.0541. The summed E-state index contributed by atoms with van der Waals surface area (Å²) in [6.45, 7) is -2.97. The molecule has 0 saturated carbocycles. The van der Waals surface area contributed by atoms with Crippen LogP contribution in [0.2, 0.25) is 0 Å². The molecule has 0 radical (unpaired) electrons. The second-order valence-corrected chi connectivity index (χ2v) is 6.55. The van der Waals surface area contributed by atoms with Gasteiger partial charge in [0.15, 0.2) is 0 Å². The molecule has 0 bridgehead atoms. The first-order valence-electron chi connectivity index (χ1n) is 6.81. The maximum Gasteiger partial charge on any atom is 0.387 e. The van der Waals surface area contributed by atoms with E-state index in [1.54, 1.807) is 18.2 Å². The zero-order valence-corrected chi connectivity index (χ0v) is 14.7. The summed E-state index contributed by atoms with van der Waals surface area (Å²) in [5.41, 5.74) is 0.649. The van der Waals surface area contributed by atoms with E-state index in [0.717, 1.165) is 0 Å². The topological polar surface area (TPSA) is 38.3 Å². The average molecular weight is 420 g/mol. The van der Waals surface area contributed by atoms with E-state index in [0.29, 0.717) is 15.8 Å². The summed E-state index contributed by atoms with van der Waals surface area (Å²) in [7, 11) is 0. The number of alkyl halides is 2. The SMILES string of the molecule is O=C(CSCc1ccc(Br)cc1F)Nc1ccccc1OC(F)F. The highest BCUT2D eigenvalue weighted by molar-refractivity contribution is 9.10. The molecule has 0 heterocycles. The molecule has 0 aliphatic rings. The molecule has 1 N–H and O–H groups in total. The Bertz CT molecular complexity index is 715. The maximum atomic E-state index is 13.7. The lowest BCUT2D eigenvalue weighted by Crippen LogP contribution is -2.15. The van der Waals surface area contributed by atoms with Crippen LogP contribution >= 0.6 is 27.7 Å². The van der Waals surface area contributed by atoms with Crippen LogP contribution in [0, 0.1) is 5.82 Å². The second-order valence-electron chi connectivity index (χ2n) is 4.65. The van der Waals surface area contributed by atoms with Crippen LogP contribution in [0.25, 0.3) is 0 Å². The number of para-hydroxylation sites is 2. The average Bonchev–Trinajstić information content (AvgIpc) is 2.51. The second kappa shape index (κ2) is 8.98. The Balaban J connectivity index is 1.87. The molecule has 0 atom stereocenters. The zero-order chi connectivity index (χ0) is 17.5. The number of carbonyl (C=O) groups excluding carboxylic acids is 1. The lowest BCUT2D eigenvalue weighted by molar-refractivity contribution is -0.113. The summed E-state index contributed by atoms with van der Waals surface area (Å²) in [5, 5.41) is 2.51. The smallest absolute Gasteiger partial charge is 0.387 e. The van der Waals surface area contributed by atoms with Crippen LogP contribution in [0.15, 0.2) is 46.9 Å². The van der Waals surface area contributed by atoms with Gasteiger partial charge in [0.1, 0.15) is 11.6 Å². The molecule has 8 heteroatoms. The van der Waals surface area contributed by atoms with Crippen molar-refractivity contribution in [2.45, 2.75) is 12.4 Å². The van der Waals surface area contributed by atoms with Gasteiger partial charge >= 0.3 is 6.61 Å². The summed E-state index contributed by atoms with van der Waals surface area (Å²) in [5.74, 6) is -0.471.